The van der Waals surface area contributed by atoms with Gasteiger partial charge < -0.3 is 5.73 Å². The van der Waals surface area contributed by atoms with Crippen molar-refractivity contribution >= 4 is 17.3 Å². The first kappa shape index (κ1) is 9.81. The lowest BCUT2D eigenvalue weighted by Gasteiger charge is -2.16. The number of benzene rings is 1. The fraction of sp³-hybridized carbons (Fsp3) is 0.455. The number of hydrogen-bond acceptors (Lipinski definition) is 2. The molecule has 2 nitrogen and oxygen atoms in total. The van der Waals surface area contributed by atoms with Crippen molar-refractivity contribution in [2.45, 2.75) is 19.4 Å². The summed E-state index contributed by atoms with van der Waals surface area (Å²) in [5.41, 5.74) is 7.78. The molecule has 1 fully saturated rings. The van der Waals surface area contributed by atoms with Crippen LogP contribution in [0.5, 0.6) is 0 Å². The molecular formula is C11H15ClN2. The van der Waals surface area contributed by atoms with Crippen LogP contribution < -0.4 is 5.73 Å². The third kappa shape index (κ3) is 2.02. The number of rotatable bonds is 2. The third-order valence-corrected chi connectivity index (χ3v) is 3.09. The van der Waals surface area contributed by atoms with Crippen molar-refractivity contribution in [3.05, 3.63) is 28.8 Å². The summed E-state index contributed by atoms with van der Waals surface area (Å²) < 4.78 is 0. The smallest absolute Gasteiger partial charge is 0.0471 e. The predicted octanol–water partition coefficient (Wildman–Crippen LogP) is 2.52. The number of likely N-dealkylation sites (tertiary alicyclic amines) is 1. The van der Waals surface area contributed by atoms with Gasteiger partial charge in [-0.05, 0) is 38.1 Å². The van der Waals surface area contributed by atoms with E-state index in [1.54, 1.807) is 0 Å². The molecule has 1 aliphatic rings. The maximum absolute atomic E-state index is 6.10. The van der Waals surface area contributed by atoms with Gasteiger partial charge in [-0.25, -0.2) is 0 Å². The van der Waals surface area contributed by atoms with Gasteiger partial charge in [0.15, 0.2) is 0 Å². The number of halogens is 1. The van der Waals surface area contributed by atoms with E-state index < -0.39 is 0 Å². The van der Waals surface area contributed by atoms with Crippen molar-refractivity contribution in [1.82, 2.24) is 4.90 Å². The molecule has 3 heteroatoms. The fourth-order valence-electron chi connectivity index (χ4n) is 1.91. The van der Waals surface area contributed by atoms with Crippen molar-refractivity contribution in [2.75, 3.05) is 18.8 Å². The molecule has 0 spiro atoms. The number of nitrogen functional groups attached to an aromatic ring is 1. The molecule has 1 aromatic carbocycles. The molecule has 76 valence electrons. The van der Waals surface area contributed by atoms with E-state index in [-0.39, 0.29) is 0 Å². The fourth-order valence-corrected chi connectivity index (χ4v) is 2.15. The summed E-state index contributed by atoms with van der Waals surface area (Å²) in [7, 11) is 0. The zero-order chi connectivity index (χ0) is 9.97. The summed E-state index contributed by atoms with van der Waals surface area (Å²) in [4.78, 5) is 2.40. The molecule has 0 saturated carbocycles. The van der Waals surface area contributed by atoms with E-state index in [9.17, 15) is 0 Å². The largest absolute Gasteiger partial charge is 0.398 e. The zero-order valence-corrected chi connectivity index (χ0v) is 8.93. The van der Waals surface area contributed by atoms with Gasteiger partial charge in [0.05, 0.1) is 0 Å². The minimum Gasteiger partial charge on any atom is -0.398 e. The molecule has 1 saturated heterocycles. The summed E-state index contributed by atoms with van der Waals surface area (Å²) in [5.74, 6) is 0. The molecule has 2 N–H and O–H groups in total. The Bertz CT molecular complexity index is 299. The Balaban J connectivity index is 2.14. The highest BCUT2D eigenvalue weighted by Gasteiger charge is 2.14. The molecule has 1 aromatic rings. The van der Waals surface area contributed by atoms with E-state index in [4.69, 9.17) is 17.3 Å². The molecular weight excluding hydrogens is 196 g/mol. The van der Waals surface area contributed by atoms with E-state index >= 15 is 0 Å². The Morgan fingerprint density at radius 3 is 2.64 bits per heavy atom. The topological polar surface area (TPSA) is 29.3 Å². The lowest BCUT2D eigenvalue weighted by Crippen LogP contribution is -2.19. The Hall–Kier alpha value is -0.730. The zero-order valence-electron chi connectivity index (χ0n) is 8.17. The van der Waals surface area contributed by atoms with Gasteiger partial charge in [0.1, 0.15) is 0 Å². The van der Waals surface area contributed by atoms with Crippen LogP contribution in [0.2, 0.25) is 5.02 Å². The van der Waals surface area contributed by atoms with Crippen LogP contribution in [0.1, 0.15) is 18.4 Å². The van der Waals surface area contributed by atoms with Crippen LogP contribution in [0, 0.1) is 0 Å². The highest BCUT2D eigenvalue weighted by molar-refractivity contribution is 6.31. The van der Waals surface area contributed by atoms with Gasteiger partial charge in [-0.15, -0.1) is 0 Å². The van der Waals surface area contributed by atoms with Gasteiger partial charge >= 0.3 is 0 Å². The average Bonchev–Trinajstić information content (AvgIpc) is 2.64. The summed E-state index contributed by atoms with van der Waals surface area (Å²) in [5, 5.41) is 0.789. The molecule has 1 aliphatic heterocycles. The molecule has 0 atom stereocenters. The first-order valence-electron chi connectivity index (χ1n) is 5.02. The van der Waals surface area contributed by atoms with E-state index in [1.165, 1.54) is 25.9 Å². The van der Waals surface area contributed by atoms with Crippen molar-refractivity contribution in [1.29, 1.82) is 0 Å². The predicted molar refractivity (Wildman–Crippen MR) is 60.4 cm³/mol. The standard InChI is InChI=1S/C11H15ClN2/c12-10-4-3-5-11(13)9(10)8-14-6-1-2-7-14/h3-5H,1-2,6-8,13H2. The summed E-state index contributed by atoms with van der Waals surface area (Å²) in [6.07, 6.45) is 2.59. The van der Waals surface area contributed by atoms with Crippen molar-refractivity contribution in [3.8, 4) is 0 Å². The second-order valence-corrected chi connectivity index (χ2v) is 4.20. The third-order valence-electron chi connectivity index (χ3n) is 2.74. The molecule has 0 bridgehead atoms. The molecule has 0 radical (unpaired) electrons. The monoisotopic (exact) mass is 210 g/mol. The number of hydrogen-bond donors (Lipinski definition) is 1. The van der Waals surface area contributed by atoms with E-state index in [0.29, 0.717) is 0 Å². The summed E-state index contributed by atoms with van der Waals surface area (Å²) >= 11 is 6.10. The lowest BCUT2D eigenvalue weighted by atomic mass is 10.1. The van der Waals surface area contributed by atoms with Crippen LogP contribution in [0.25, 0.3) is 0 Å². The Morgan fingerprint density at radius 1 is 1.29 bits per heavy atom. The maximum Gasteiger partial charge on any atom is 0.0471 e. The molecule has 0 aliphatic carbocycles. The van der Waals surface area contributed by atoms with E-state index in [1.807, 2.05) is 18.2 Å². The molecule has 2 rings (SSSR count). The van der Waals surface area contributed by atoms with Crippen molar-refractivity contribution in [3.63, 3.8) is 0 Å². The highest BCUT2D eigenvalue weighted by atomic mass is 35.5. The Labute approximate surface area is 89.7 Å². The number of nitrogens with zero attached hydrogens (tertiary/aromatic N) is 1. The van der Waals surface area contributed by atoms with Gasteiger partial charge in [-0.2, -0.15) is 0 Å². The van der Waals surface area contributed by atoms with Crippen LogP contribution in [0.3, 0.4) is 0 Å². The number of nitrogens with two attached hydrogens (primary N) is 1. The maximum atomic E-state index is 6.10. The highest BCUT2D eigenvalue weighted by Crippen LogP contribution is 2.24. The SMILES string of the molecule is Nc1cccc(Cl)c1CN1CCCC1. The van der Waals surface area contributed by atoms with Crippen LogP contribution in [-0.2, 0) is 6.54 Å². The van der Waals surface area contributed by atoms with Crippen LogP contribution in [-0.4, -0.2) is 18.0 Å². The second kappa shape index (κ2) is 4.20. The average molecular weight is 211 g/mol. The minimum absolute atomic E-state index is 0.789. The first-order chi connectivity index (χ1) is 6.77. The van der Waals surface area contributed by atoms with Gasteiger partial charge in [-0.3, -0.25) is 4.90 Å². The van der Waals surface area contributed by atoms with Gasteiger partial charge in [0.2, 0.25) is 0 Å². The minimum atomic E-state index is 0.789. The Kier molecular flexibility index (Phi) is 2.94. The van der Waals surface area contributed by atoms with Crippen molar-refractivity contribution in [2.24, 2.45) is 0 Å². The summed E-state index contributed by atoms with van der Waals surface area (Å²) in [6, 6.07) is 5.71. The normalized spacial score (nSPS) is 17.5. The second-order valence-electron chi connectivity index (χ2n) is 3.79. The number of anilines is 1. The first-order valence-corrected chi connectivity index (χ1v) is 5.40. The van der Waals surface area contributed by atoms with E-state index in [2.05, 4.69) is 4.90 Å². The summed E-state index contributed by atoms with van der Waals surface area (Å²) in [6.45, 7) is 3.24. The lowest BCUT2D eigenvalue weighted by molar-refractivity contribution is 0.332. The van der Waals surface area contributed by atoms with Crippen molar-refractivity contribution < 1.29 is 0 Å². The molecule has 1 heterocycles. The molecule has 0 aromatic heterocycles. The van der Waals surface area contributed by atoms with Crippen LogP contribution in [0.4, 0.5) is 5.69 Å². The van der Waals surface area contributed by atoms with Crippen LogP contribution in [0.15, 0.2) is 18.2 Å². The van der Waals surface area contributed by atoms with Gasteiger partial charge in [0.25, 0.3) is 0 Å². The Morgan fingerprint density at radius 2 is 2.00 bits per heavy atom. The van der Waals surface area contributed by atoms with Crippen LogP contribution >= 0.6 is 11.6 Å². The van der Waals surface area contributed by atoms with E-state index in [0.717, 1.165) is 22.8 Å². The molecule has 0 amide bonds. The van der Waals surface area contributed by atoms with Gasteiger partial charge in [0, 0.05) is 22.8 Å². The quantitative estimate of drug-likeness (QED) is 0.761. The molecule has 0 unspecified atom stereocenters. The van der Waals surface area contributed by atoms with Gasteiger partial charge in [-0.1, -0.05) is 17.7 Å². The molecule has 14 heavy (non-hydrogen) atoms.